The van der Waals surface area contributed by atoms with E-state index in [2.05, 4.69) is 0 Å². The normalized spacial score (nSPS) is 13.8. The maximum atomic E-state index is 15.1. The summed E-state index contributed by atoms with van der Waals surface area (Å²) in [7, 11) is 0. The molecule has 2 aromatic rings. The monoisotopic (exact) mass is 466 g/mol. The standard InChI is InChI=1S/C19H16F6N2O3S/c1-3-26-6-5-8-9(7-26)31-18(10(8)19(29)30-4-2)27(25)17(28)11-12(20)14(22)16(24)15(23)13(11)21/h3-7H2,1-2H3. The number of nitrogens with zero attached hydrogens (tertiary/aromatic N) is 2. The van der Waals surface area contributed by atoms with E-state index < -0.39 is 56.6 Å². The van der Waals surface area contributed by atoms with Gasteiger partial charge in [-0.1, -0.05) is 11.4 Å². The van der Waals surface area contributed by atoms with Gasteiger partial charge in [-0.2, -0.15) is 0 Å². The number of likely N-dealkylation sites (N-methyl/N-ethyl adjacent to an activating group) is 1. The van der Waals surface area contributed by atoms with Gasteiger partial charge in [0.25, 0.3) is 5.91 Å². The Morgan fingerprint density at radius 2 is 1.58 bits per heavy atom. The molecular weight excluding hydrogens is 450 g/mol. The minimum atomic E-state index is -2.48. The maximum absolute atomic E-state index is 15.1. The molecule has 0 unspecified atom stereocenters. The van der Waals surface area contributed by atoms with Crippen molar-refractivity contribution in [2.24, 2.45) is 0 Å². The summed E-state index contributed by atoms with van der Waals surface area (Å²) in [6.07, 6.45) is 0.318. The van der Waals surface area contributed by atoms with Crippen molar-refractivity contribution in [2.75, 3.05) is 24.8 Å². The molecule has 0 aliphatic carbocycles. The summed E-state index contributed by atoms with van der Waals surface area (Å²) in [4.78, 5) is 27.4. The summed E-state index contributed by atoms with van der Waals surface area (Å²) in [5.41, 5.74) is -1.86. The Labute approximate surface area is 176 Å². The highest BCUT2D eigenvalue weighted by molar-refractivity contribution is 7.17. The fraction of sp³-hybridized carbons (Fsp3) is 0.368. The molecule has 2 heterocycles. The summed E-state index contributed by atoms with van der Waals surface area (Å²) < 4.78 is 88.2. The predicted octanol–water partition coefficient (Wildman–Crippen LogP) is 4.53. The molecule has 168 valence electrons. The van der Waals surface area contributed by atoms with Crippen LogP contribution in [-0.2, 0) is 17.7 Å². The number of ether oxygens (including phenoxy) is 1. The number of rotatable bonds is 5. The van der Waals surface area contributed by atoms with E-state index in [0.717, 1.165) is 0 Å². The first-order valence-electron chi connectivity index (χ1n) is 9.19. The van der Waals surface area contributed by atoms with Crippen molar-refractivity contribution in [1.29, 1.82) is 0 Å². The van der Waals surface area contributed by atoms with E-state index in [1.54, 1.807) is 0 Å². The van der Waals surface area contributed by atoms with Crippen molar-refractivity contribution in [1.82, 2.24) is 4.90 Å². The quantitative estimate of drug-likeness (QED) is 0.214. The fourth-order valence-electron chi connectivity index (χ4n) is 3.25. The highest BCUT2D eigenvalue weighted by Crippen LogP contribution is 2.41. The summed E-state index contributed by atoms with van der Waals surface area (Å²) >= 11 is 0.671. The lowest BCUT2D eigenvalue weighted by atomic mass is 10.0. The summed E-state index contributed by atoms with van der Waals surface area (Å²) in [5, 5.41) is -1.42. The Bertz CT molecular complexity index is 1030. The van der Waals surface area contributed by atoms with Crippen molar-refractivity contribution in [3.05, 3.63) is 50.7 Å². The summed E-state index contributed by atoms with van der Waals surface area (Å²) in [6.45, 7) is 4.84. The van der Waals surface area contributed by atoms with Gasteiger partial charge in [0.05, 0.1) is 6.61 Å². The molecule has 5 nitrogen and oxygen atoms in total. The summed E-state index contributed by atoms with van der Waals surface area (Å²) in [5.74, 6) is -15.3. The first-order valence-corrected chi connectivity index (χ1v) is 10.0. The van der Waals surface area contributed by atoms with Crippen LogP contribution in [0.3, 0.4) is 0 Å². The van der Waals surface area contributed by atoms with E-state index in [4.69, 9.17) is 4.74 Å². The molecule has 0 spiro atoms. The topological polar surface area (TPSA) is 49.9 Å². The minimum absolute atomic E-state index is 0.0676. The van der Waals surface area contributed by atoms with Crippen LogP contribution in [0.2, 0.25) is 0 Å². The number of carbonyl (C=O) groups excluding carboxylic acids is 2. The van der Waals surface area contributed by atoms with Crippen LogP contribution in [0.25, 0.3) is 0 Å². The van der Waals surface area contributed by atoms with Crippen LogP contribution >= 0.6 is 11.3 Å². The predicted molar refractivity (Wildman–Crippen MR) is 99.1 cm³/mol. The third-order valence-electron chi connectivity index (χ3n) is 4.82. The number of halogens is 6. The highest BCUT2D eigenvalue weighted by Gasteiger charge is 2.37. The van der Waals surface area contributed by atoms with Crippen molar-refractivity contribution < 1.29 is 40.8 Å². The molecule has 31 heavy (non-hydrogen) atoms. The van der Waals surface area contributed by atoms with E-state index in [0.29, 0.717) is 47.8 Å². The largest absolute Gasteiger partial charge is 0.462 e. The zero-order valence-electron chi connectivity index (χ0n) is 16.3. The fourth-order valence-corrected chi connectivity index (χ4v) is 4.53. The van der Waals surface area contributed by atoms with Gasteiger partial charge in [-0.05, 0) is 25.5 Å². The molecule has 1 aromatic carbocycles. The zero-order valence-corrected chi connectivity index (χ0v) is 17.1. The van der Waals surface area contributed by atoms with Gasteiger partial charge in [0, 0.05) is 18.0 Å². The van der Waals surface area contributed by atoms with Gasteiger partial charge in [-0.15, -0.1) is 16.5 Å². The number of carbonyl (C=O) groups is 2. The molecule has 0 saturated heterocycles. The number of amides is 1. The number of thiophene rings is 1. The summed E-state index contributed by atoms with van der Waals surface area (Å²) in [6, 6.07) is 0. The van der Waals surface area contributed by atoms with Crippen molar-refractivity contribution in [3.63, 3.8) is 0 Å². The lowest BCUT2D eigenvalue weighted by molar-refractivity contribution is 0.0525. The van der Waals surface area contributed by atoms with E-state index in [9.17, 15) is 31.5 Å². The molecule has 0 saturated carbocycles. The molecule has 1 amide bonds. The Hall–Kier alpha value is -2.60. The van der Waals surface area contributed by atoms with Crippen LogP contribution < -0.4 is 5.12 Å². The molecule has 0 radical (unpaired) electrons. The van der Waals surface area contributed by atoms with Gasteiger partial charge in [-0.3, -0.25) is 9.69 Å². The number of fused-ring (bicyclic) bond motifs is 1. The third-order valence-corrected chi connectivity index (χ3v) is 6.00. The Morgan fingerprint density at radius 1 is 1.00 bits per heavy atom. The molecule has 0 atom stereocenters. The molecule has 0 N–H and O–H groups in total. The molecule has 1 aliphatic heterocycles. The van der Waals surface area contributed by atoms with Crippen molar-refractivity contribution in [3.8, 4) is 0 Å². The SMILES string of the molecule is CCOC(=O)c1c(N(F)C(=O)c2c(F)c(F)c(F)c(F)c2F)sc2c1CCN(CC)C2. The average Bonchev–Trinajstić information content (AvgIpc) is 3.14. The highest BCUT2D eigenvalue weighted by atomic mass is 32.1. The number of esters is 1. The second-order valence-electron chi connectivity index (χ2n) is 6.55. The lowest BCUT2D eigenvalue weighted by Gasteiger charge is -2.25. The van der Waals surface area contributed by atoms with Crippen LogP contribution in [0.1, 0.15) is 45.0 Å². The van der Waals surface area contributed by atoms with Gasteiger partial charge in [-0.25, -0.2) is 26.7 Å². The van der Waals surface area contributed by atoms with E-state index in [-0.39, 0.29) is 12.2 Å². The molecule has 3 rings (SSSR count). The minimum Gasteiger partial charge on any atom is -0.462 e. The maximum Gasteiger partial charge on any atom is 0.341 e. The van der Waals surface area contributed by atoms with Crippen LogP contribution in [0, 0.1) is 29.1 Å². The Balaban J connectivity index is 2.12. The molecule has 12 heteroatoms. The Kier molecular flexibility index (Phi) is 6.60. The number of anilines is 1. The van der Waals surface area contributed by atoms with E-state index in [1.807, 2.05) is 11.8 Å². The van der Waals surface area contributed by atoms with Crippen LogP contribution in [0.15, 0.2) is 0 Å². The molecule has 0 bridgehead atoms. The molecule has 1 aromatic heterocycles. The van der Waals surface area contributed by atoms with Crippen molar-refractivity contribution in [2.45, 2.75) is 26.8 Å². The smallest absolute Gasteiger partial charge is 0.341 e. The second kappa shape index (κ2) is 8.87. The number of benzene rings is 1. The van der Waals surface area contributed by atoms with Gasteiger partial charge in [0.15, 0.2) is 23.3 Å². The number of hydrogen-bond donors (Lipinski definition) is 0. The Morgan fingerprint density at radius 3 is 2.13 bits per heavy atom. The van der Waals surface area contributed by atoms with E-state index in [1.165, 1.54) is 6.92 Å². The van der Waals surface area contributed by atoms with Crippen LogP contribution in [0.5, 0.6) is 0 Å². The van der Waals surface area contributed by atoms with Gasteiger partial charge >= 0.3 is 5.97 Å². The lowest BCUT2D eigenvalue weighted by Crippen LogP contribution is -2.30. The van der Waals surface area contributed by atoms with Crippen LogP contribution in [-0.4, -0.2) is 36.5 Å². The first-order chi connectivity index (χ1) is 14.6. The number of hydrogen-bond acceptors (Lipinski definition) is 5. The molecule has 1 aliphatic rings. The van der Waals surface area contributed by atoms with Crippen molar-refractivity contribution >= 4 is 28.2 Å². The second-order valence-corrected chi connectivity index (χ2v) is 7.64. The van der Waals surface area contributed by atoms with Gasteiger partial charge < -0.3 is 4.74 Å². The molecule has 0 fully saturated rings. The zero-order chi connectivity index (χ0) is 23.0. The first kappa shape index (κ1) is 23.1. The van der Waals surface area contributed by atoms with E-state index >= 15 is 4.48 Å². The van der Waals surface area contributed by atoms with Gasteiger partial charge in [0.2, 0.25) is 5.82 Å². The van der Waals surface area contributed by atoms with Crippen LogP contribution in [0.4, 0.5) is 31.4 Å². The van der Waals surface area contributed by atoms with Gasteiger partial charge in [0.1, 0.15) is 16.1 Å². The third kappa shape index (κ3) is 3.89. The average molecular weight is 466 g/mol. The molecular formula is C19H16F6N2O3S.